The normalized spacial score (nSPS) is 12.1. The van der Waals surface area contributed by atoms with Gasteiger partial charge in [0.05, 0.1) is 13.2 Å². The summed E-state index contributed by atoms with van der Waals surface area (Å²) in [5.74, 6) is 0.481. The highest BCUT2D eigenvalue weighted by Gasteiger charge is 2.18. The van der Waals surface area contributed by atoms with Gasteiger partial charge in [-0.3, -0.25) is 4.79 Å². The number of hydrogen-bond donors (Lipinski definition) is 2. The van der Waals surface area contributed by atoms with Crippen molar-refractivity contribution in [2.45, 2.75) is 19.9 Å². The molecule has 1 rings (SSSR count). The largest absolute Gasteiger partial charge is 0.494 e. The van der Waals surface area contributed by atoms with Gasteiger partial charge in [-0.25, -0.2) is 0 Å². The molecule has 0 heterocycles. The zero-order valence-corrected chi connectivity index (χ0v) is 11.0. The molecule has 0 radical (unpaired) electrons. The molecule has 18 heavy (non-hydrogen) atoms. The number of anilines is 1. The first-order valence-corrected chi connectivity index (χ1v) is 5.88. The Morgan fingerprint density at radius 1 is 1.56 bits per heavy atom. The molecule has 1 aromatic carbocycles. The molecule has 3 N–H and O–H groups in total. The van der Waals surface area contributed by atoms with Crippen LogP contribution >= 0.6 is 0 Å². The minimum atomic E-state index is -0.887. The molecule has 0 spiro atoms. The Labute approximate surface area is 107 Å². The number of ether oxygens (including phenoxy) is 1. The van der Waals surface area contributed by atoms with E-state index in [2.05, 4.69) is 0 Å². The van der Waals surface area contributed by atoms with E-state index in [0.29, 0.717) is 6.61 Å². The molecule has 0 saturated carbocycles. The SMILES string of the molecule is CCOc1ccc(N(C)C(=O)C(N)CO)cc1C. The standard InChI is InChI=1S/C13H20N2O3/c1-4-18-12-6-5-10(7-9(12)2)15(3)13(17)11(14)8-16/h5-7,11,16H,4,8,14H2,1-3H3. The first kappa shape index (κ1) is 14.5. The number of benzene rings is 1. The predicted octanol–water partition coefficient (Wildman–Crippen LogP) is 0.676. The minimum absolute atomic E-state index is 0.318. The van der Waals surface area contributed by atoms with Gasteiger partial charge in [0.25, 0.3) is 0 Å². The van der Waals surface area contributed by atoms with E-state index in [1.54, 1.807) is 13.1 Å². The first-order chi connectivity index (χ1) is 8.51. The zero-order valence-electron chi connectivity index (χ0n) is 11.0. The number of carbonyl (C=O) groups is 1. The second-order valence-electron chi connectivity index (χ2n) is 4.07. The third-order valence-corrected chi connectivity index (χ3v) is 2.69. The van der Waals surface area contributed by atoms with Crippen LogP contribution in [0.2, 0.25) is 0 Å². The second kappa shape index (κ2) is 6.37. The van der Waals surface area contributed by atoms with Crippen molar-refractivity contribution in [3.05, 3.63) is 23.8 Å². The van der Waals surface area contributed by atoms with Crippen LogP contribution in [0.25, 0.3) is 0 Å². The van der Waals surface area contributed by atoms with Gasteiger partial charge >= 0.3 is 0 Å². The number of nitrogens with zero attached hydrogens (tertiary/aromatic N) is 1. The van der Waals surface area contributed by atoms with Crippen LogP contribution < -0.4 is 15.4 Å². The van der Waals surface area contributed by atoms with E-state index in [0.717, 1.165) is 17.0 Å². The number of aliphatic hydroxyl groups is 1. The molecule has 0 aromatic heterocycles. The molecule has 1 aromatic rings. The molecule has 0 aliphatic carbocycles. The average molecular weight is 252 g/mol. The molecule has 0 bridgehead atoms. The topological polar surface area (TPSA) is 75.8 Å². The summed E-state index contributed by atoms with van der Waals surface area (Å²) in [5, 5.41) is 8.88. The lowest BCUT2D eigenvalue weighted by molar-refractivity contribution is -0.120. The van der Waals surface area contributed by atoms with E-state index in [9.17, 15) is 4.79 Å². The van der Waals surface area contributed by atoms with Crippen LogP contribution in [0.5, 0.6) is 5.75 Å². The molecule has 0 aliphatic heterocycles. The van der Waals surface area contributed by atoms with Gasteiger partial charge in [0.1, 0.15) is 11.8 Å². The molecular weight excluding hydrogens is 232 g/mol. The molecule has 100 valence electrons. The Morgan fingerprint density at radius 2 is 2.22 bits per heavy atom. The number of carbonyl (C=O) groups excluding carboxylic acids is 1. The Bertz CT molecular complexity index is 421. The van der Waals surface area contributed by atoms with Gasteiger partial charge in [0, 0.05) is 12.7 Å². The van der Waals surface area contributed by atoms with Crippen molar-refractivity contribution >= 4 is 11.6 Å². The molecule has 0 fully saturated rings. The molecule has 0 aliphatic rings. The highest BCUT2D eigenvalue weighted by atomic mass is 16.5. The molecular formula is C13H20N2O3. The summed E-state index contributed by atoms with van der Waals surface area (Å²) in [6.45, 7) is 4.07. The minimum Gasteiger partial charge on any atom is -0.494 e. The lowest BCUT2D eigenvalue weighted by atomic mass is 10.1. The number of likely N-dealkylation sites (N-methyl/N-ethyl adjacent to an activating group) is 1. The van der Waals surface area contributed by atoms with E-state index >= 15 is 0 Å². The fourth-order valence-corrected chi connectivity index (χ4v) is 1.61. The van der Waals surface area contributed by atoms with Gasteiger partial charge in [-0.05, 0) is 37.6 Å². The fraction of sp³-hybridized carbons (Fsp3) is 0.462. The summed E-state index contributed by atoms with van der Waals surface area (Å²) < 4.78 is 5.43. The quantitative estimate of drug-likeness (QED) is 0.808. The number of hydrogen-bond acceptors (Lipinski definition) is 4. The first-order valence-electron chi connectivity index (χ1n) is 5.88. The van der Waals surface area contributed by atoms with Crippen LogP contribution in [0.4, 0.5) is 5.69 Å². The van der Waals surface area contributed by atoms with Crippen LogP contribution in [-0.4, -0.2) is 37.3 Å². The van der Waals surface area contributed by atoms with Crippen LogP contribution in [0.1, 0.15) is 12.5 Å². The second-order valence-corrected chi connectivity index (χ2v) is 4.07. The lowest BCUT2D eigenvalue weighted by Gasteiger charge is -2.21. The van der Waals surface area contributed by atoms with Crippen LogP contribution in [-0.2, 0) is 4.79 Å². The number of nitrogens with two attached hydrogens (primary N) is 1. The molecule has 1 amide bonds. The lowest BCUT2D eigenvalue weighted by Crippen LogP contribution is -2.44. The molecule has 5 nitrogen and oxygen atoms in total. The Balaban J connectivity index is 2.90. The molecule has 1 atom stereocenters. The molecule has 1 unspecified atom stereocenters. The average Bonchev–Trinajstić information content (AvgIpc) is 2.38. The van der Waals surface area contributed by atoms with Gasteiger partial charge in [0.2, 0.25) is 5.91 Å². The predicted molar refractivity (Wildman–Crippen MR) is 70.8 cm³/mol. The smallest absolute Gasteiger partial charge is 0.246 e. The summed E-state index contributed by atoms with van der Waals surface area (Å²) in [6, 6.07) is 4.58. The van der Waals surface area contributed by atoms with Crippen molar-refractivity contribution in [1.82, 2.24) is 0 Å². The third-order valence-electron chi connectivity index (χ3n) is 2.69. The van der Waals surface area contributed by atoms with Crippen LogP contribution in [0.3, 0.4) is 0 Å². The van der Waals surface area contributed by atoms with Gasteiger partial charge in [-0.1, -0.05) is 0 Å². The maximum atomic E-state index is 11.8. The van der Waals surface area contributed by atoms with E-state index in [4.69, 9.17) is 15.6 Å². The van der Waals surface area contributed by atoms with Gasteiger partial charge < -0.3 is 20.5 Å². The highest BCUT2D eigenvalue weighted by Crippen LogP contribution is 2.24. The summed E-state index contributed by atoms with van der Waals surface area (Å²) in [5.41, 5.74) is 7.18. The monoisotopic (exact) mass is 252 g/mol. The molecule has 5 heteroatoms. The Kier molecular flexibility index (Phi) is 5.12. The summed E-state index contributed by atoms with van der Waals surface area (Å²) >= 11 is 0. The summed E-state index contributed by atoms with van der Waals surface area (Å²) in [7, 11) is 1.63. The van der Waals surface area contributed by atoms with Crippen molar-refractivity contribution < 1.29 is 14.6 Å². The maximum absolute atomic E-state index is 11.8. The molecule has 0 saturated heterocycles. The highest BCUT2D eigenvalue weighted by molar-refractivity contribution is 5.96. The number of rotatable bonds is 5. The van der Waals surface area contributed by atoms with Crippen LogP contribution in [0, 0.1) is 6.92 Å². The van der Waals surface area contributed by atoms with Gasteiger partial charge in [-0.2, -0.15) is 0 Å². The summed E-state index contributed by atoms with van der Waals surface area (Å²) in [6.07, 6.45) is 0. The van der Waals surface area contributed by atoms with Crippen LogP contribution in [0.15, 0.2) is 18.2 Å². The summed E-state index contributed by atoms with van der Waals surface area (Å²) in [4.78, 5) is 13.2. The Morgan fingerprint density at radius 3 is 2.72 bits per heavy atom. The maximum Gasteiger partial charge on any atom is 0.246 e. The van der Waals surface area contributed by atoms with E-state index in [1.165, 1.54) is 4.90 Å². The van der Waals surface area contributed by atoms with E-state index < -0.39 is 6.04 Å². The number of aryl methyl sites for hydroxylation is 1. The van der Waals surface area contributed by atoms with Gasteiger partial charge in [0.15, 0.2) is 0 Å². The van der Waals surface area contributed by atoms with E-state index in [-0.39, 0.29) is 12.5 Å². The fourth-order valence-electron chi connectivity index (χ4n) is 1.61. The number of amides is 1. The van der Waals surface area contributed by atoms with Crippen molar-refractivity contribution in [1.29, 1.82) is 0 Å². The third kappa shape index (κ3) is 3.21. The van der Waals surface area contributed by atoms with Crippen molar-refractivity contribution in [2.75, 3.05) is 25.2 Å². The Hall–Kier alpha value is -1.59. The van der Waals surface area contributed by atoms with Crippen molar-refractivity contribution in [3.8, 4) is 5.75 Å². The van der Waals surface area contributed by atoms with E-state index in [1.807, 2.05) is 26.0 Å². The van der Waals surface area contributed by atoms with Crippen molar-refractivity contribution in [2.24, 2.45) is 5.73 Å². The number of aliphatic hydroxyl groups excluding tert-OH is 1. The zero-order chi connectivity index (χ0) is 13.7. The van der Waals surface area contributed by atoms with Gasteiger partial charge in [-0.15, -0.1) is 0 Å². The van der Waals surface area contributed by atoms with Crippen molar-refractivity contribution in [3.63, 3.8) is 0 Å².